The second-order valence-corrected chi connectivity index (χ2v) is 38.6. The van der Waals surface area contributed by atoms with Crippen LogP contribution in [0.15, 0.2) is 180 Å². The van der Waals surface area contributed by atoms with Crippen LogP contribution in [-0.2, 0) is 65.7 Å². The van der Waals surface area contributed by atoms with Crippen LogP contribution >= 0.6 is 0 Å². The number of anilines is 3. The van der Waals surface area contributed by atoms with Crippen molar-refractivity contribution >= 4 is 105 Å². The van der Waals surface area contributed by atoms with Gasteiger partial charge in [0.05, 0.1) is 70.7 Å². The predicted octanol–water partition coefficient (Wildman–Crippen LogP) is 11.5. The van der Waals surface area contributed by atoms with Crippen LogP contribution in [-0.4, -0.2) is 133 Å². The van der Waals surface area contributed by atoms with E-state index >= 15 is 0 Å². The third-order valence-corrected chi connectivity index (χ3v) is 18.4. The molecule has 1 unspecified atom stereocenters. The average molecular weight is 1620 g/mol. The molecule has 12 N–H and O–H groups in total. The number of nitrogens with zero attached hydrogens (tertiary/aromatic N) is 2. The van der Waals surface area contributed by atoms with Gasteiger partial charge in [-0.05, 0) is 183 Å². The van der Waals surface area contributed by atoms with Gasteiger partial charge in [-0.2, -0.15) is 22.6 Å². The zero-order chi connectivity index (χ0) is 77.0. The Hall–Kier alpha value is -4.43. The maximum Gasteiger partial charge on any atom is 2.00 e. The van der Waals surface area contributed by atoms with Crippen molar-refractivity contribution in [2.24, 2.45) is 9.54 Å². The molecule has 27 heteroatoms. The number of benzene rings is 7. The number of carbonyl (C=O) groups excluding carboxylic acids is 1. The molecule has 6 atom stereocenters. The number of hydrogen-bond acceptors (Lipinski definition) is 12. The Morgan fingerprint density at radius 2 is 0.814 bits per heavy atom. The van der Waals surface area contributed by atoms with E-state index in [1.54, 1.807) is 116 Å². The third-order valence-electron chi connectivity index (χ3n) is 11.4. The molecule has 7 aromatic rings. The summed E-state index contributed by atoms with van der Waals surface area (Å²) >= 11 is 0. The number of rotatable bonds is 13. The molecule has 0 aromatic heterocycles. The number of aliphatic hydroxyl groups is 4. The Kier molecular flexibility index (Phi) is 61.5. The first-order valence-electron chi connectivity index (χ1n) is 31.9. The summed E-state index contributed by atoms with van der Waals surface area (Å²) in [4.78, 5) is 10.0. The maximum absolute atomic E-state index is 13.4. The van der Waals surface area contributed by atoms with Gasteiger partial charge < -0.3 is 53.4 Å². The van der Waals surface area contributed by atoms with Crippen LogP contribution in [0.5, 0.6) is 0 Å². The van der Waals surface area contributed by atoms with Crippen LogP contribution in [0, 0.1) is 23.5 Å². The molecule has 102 heavy (non-hydrogen) atoms. The Morgan fingerprint density at radius 3 is 1.05 bits per heavy atom. The van der Waals surface area contributed by atoms with Crippen LogP contribution in [0.4, 0.5) is 30.2 Å². The van der Waals surface area contributed by atoms with Gasteiger partial charge in [0.25, 0.3) is 0 Å². The molecule has 0 aliphatic carbocycles. The Bertz CT molecular complexity index is 3280. The van der Waals surface area contributed by atoms with Gasteiger partial charge >= 0.3 is 23.1 Å². The van der Waals surface area contributed by atoms with E-state index in [0.29, 0.717) is 5.69 Å². The Morgan fingerprint density at radius 1 is 0.520 bits per heavy atom. The molecule has 0 saturated carbocycles. The summed E-state index contributed by atoms with van der Waals surface area (Å²) < 4.78 is 97.0. The van der Waals surface area contributed by atoms with Crippen molar-refractivity contribution in [2.75, 3.05) is 29.3 Å². The van der Waals surface area contributed by atoms with Gasteiger partial charge in [-0.15, -0.1) is 6.07 Å². The van der Waals surface area contributed by atoms with Crippen LogP contribution in [0.1, 0.15) is 168 Å². The molecule has 0 aliphatic rings. The van der Waals surface area contributed by atoms with Gasteiger partial charge in [0, 0.05) is 70.0 Å². The van der Waals surface area contributed by atoms with Gasteiger partial charge in [0.2, 0.25) is 0 Å². The van der Waals surface area contributed by atoms with E-state index in [2.05, 4.69) is 39.5 Å². The number of aldehydes is 1. The third kappa shape index (κ3) is 56.0. The van der Waals surface area contributed by atoms with Crippen molar-refractivity contribution < 1.29 is 93.9 Å². The minimum Gasteiger partial charge on any atom is -1.00 e. The SMILES string of the molecule is CC(C)(C)S(N)=O.CC(C)(C)[S@@](=O)N[C@@H](c1ccccc1)c1ccc(F)c(N)c1.CC(C)(C)[S@@](=O)N[C@H](c1ccccc1)c1ccc(F)c(N)c1.CC(C)O.CC(C)O.CC(C)O.CC(C)O.CN(c1c[c-]ccc1F)[Si](C)(C)C.C[S@@](=O)N=Cc1ccccc1.O=Cc1ccccc1.[Br-].[Mg+2].[Ti]. The van der Waals surface area contributed by atoms with E-state index in [1.165, 1.54) is 18.2 Å². The minimum atomic E-state index is -1.46. The second kappa shape index (κ2) is 57.8. The standard InChI is InChI=1S/2C17H21FN2OS.C10H15FNSi.C8H9NOS.C7H6O.C4H11NOS.4C3H8O.BrH.Mg.Ti/c2*1-17(2,3)22(21)20-16(12-7-5-4-6-8-12)13-9-10-14(18)15(19)11-13;1-12(13(2,3)4)10-8-6-5-7-9(10)11;1-11(10)9-7-8-5-3-2-4-6-8;8-6-7-4-2-1-3-5-7;1-4(2,3)7(5)6;4*1-3(2)4;;;/h2*4-11,16,20H,19H2,1-3H3;5,7-8H,1-4H3;2-7H,1H3;1-6H;5H2,1-3H3;4*3-4H,1-2H3;1H;;/q;;-1;;;;;;;;;+2;/p-1/t16-,22+;16-,22-;;11-;;;;;;;;;/m01.1........./s1. The summed E-state index contributed by atoms with van der Waals surface area (Å²) in [6.45, 7) is 37.2. The fraction of sp³-hybridized carbons (Fsp3) is 0.413. The fourth-order valence-corrected chi connectivity index (χ4v) is 9.07. The topological polar surface area (TPSA) is 284 Å². The molecular formula is C75H115BrF3MgN7O9S4SiTi. The average Bonchev–Trinajstić information content (AvgIpc) is 0.829. The van der Waals surface area contributed by atoms with Crippen LogP contribution in [0.3, 0.4) is 0 Å². The summed E-state index contributed by atoms with van der Waals surface area (Å²) in [6, 6.07) is 54.1. The molecule has 7 aromatic carbocycles. The first-order valence-corrected chi connectivity index (χ1v) is 40.3. The minimum absolute atomic E-state index is 0. The van der Waals surface area contributed by atoms with Crippen molar-refractivity contribution in [1.82, 2.24) is 9.44 Å². The zero-order valence-electron chi connectivity index (χ0n) is 63.7. The van der Waals surface area contributed by atoms with E-state index in [9.17, 15) is 34.8 Å². The molecular weight excluding hydrogens is 1510 g/mol. The van der Waals surface area contributed by atoms with E-state index in [0.717, 1.165) is 39.7 Å². The van der Waals surface area contributed by atoms with Gasteiger partial charge in [0.1, 0.15) is 37.1 Å². The smallest absolute Gasteiger partial charge is 1.00 e. The summed E-state index contributed by atoms with van der Waals surface area (Å²) in [5, 5.41) is 37.3. The van der Waals surface area contributed by atoms with Gasteiger partial charge in [-0.3, -0.25) is 9.93 Å². The zero-order valence-corrected chi connectivity index (χ0v) is 72.5. The van der Waals surface area contributed by atoms with E-state index in [4.69, 9.17) is 37.0 Å². The maximum atomic E-state index is 13.4. The normalized spacial score (nSPS) is 12.4. The molecule has 0 aliphatic heterocycles. The van der Waals surface area contributed by atoms with Crippen LogP contribution in [0.2, 0.25) is 19.6 Å². The number of nitrogens with one attached hydrogen (secondary N) is 2. The van der Waals surface area contributed by atoms with Crippen molar-refractivity contribution in [3.63, 3.8) is 0 Å². The van der Waals surface area contributed by atoms with Crippen molar-refractivity contribution in [1.29, 1.82) is 0 Å². The van der Waals surface area contributed by atoms with Gasteiger partial charge in [-0.1, -0.05) is 153 Å². The second-order valence-electron chi connectivity index (χ2n) is 26.7. The molecule has 0 fully saturated rings. The van der Waals surface area contributed by atoms with Gasteiger partial charge in [-0.25, -0.2) is 39.5 Å². The van der Waals surface area contributed by atoms with Crippen molar-refractivity contribution in [2.45, 2.75) is 188 Å². The molecule has 7 rings (SSSR count). The predicted molar refractivity (Wildman–Crippen MR) is 424 cm³/mol. The van der Waals surface area contributed by atoms with E-state index < -0.39 is 73.3 Å². The number of halogens is 4. The molecule has 16 nitrogen and oxygen atoms in total. The molecule has 0 radical (unpaired) electrons. The van der Waals surface area contributed by atoms with Crippen molar-refractivity contribution in [3.05, 3.63) is 233 Å². The number of hydrogen-bond donors (Lipinski definition) is 9. The number of nitrogen functional groups attached to an aromatic ring is 2. The molecule has 0 heterocycles. The molecule has 0 amide bonds. The Balaban J connectivity index is -0.000000267. The van der Waals surface area contributed by atoms with Crippen LogP contribution in [0.25, 0.3) is 0 Å². The van der Waals surface area contributed by atoms with E-state index in [-0.39, 0.29) is 120 Å². The summed E-state index contributed by atoms with van der Waals surface area (Å²) in [5.74, 6) is -1.07. The number of nitrogens with two attached hydrogens (primary N) is 3. The molecule has 0 bridgehead atoms. The first kappa shape index (κ1) is 109. The van der Waals surface area contributed by atoms with E-state index in [1.807, 2.05) is 183 Å². The largest absolute Gasteiger partial charge is 2.00 e. The fourth-order valence-electron chi connectivity index (χ4n) is 6.23. The first-order chi connectivity index (χ1) is 45.6. The quantitative estimate of drug-likeness (QED) is 0.0171. The number of carbonyl (C=O) groups is 1. The monoisotopic (exact) mass is 1620 g/mol. The van der Waals surface area contributed by atoms with Crippen LogP contribution < -0.4 is 47.6 Å². The molecule has 0 spiro atoms. The summed E-state index contributed by atoms with van der Waals surface area (Å²) in [5.41, 5.74) is 17.3. The Labute approximate surface area is 662 Å². The van der Waals surface area contributed by atoms with Crippen molar-refractivity contribution in [3.8, 4) is 0 Å². The molecule has 566 valence electrons. The summed E-state index contributed by atoms with van der Waals surface area (Å²) in [6.07, 6.45) is 3.32. The summed E-state index contributed by atoms with van der Waals surface area (Å²) in [7, 11) is -4.33. The molecule has 0 saturated heterocycles. The van der Waals surface area contributed by atoms with Gasteiger partial charge in [0.15, 0.2) is 0 Å². The number of aliphatic hydroxyl groups excluding tert-OH is 4.